The first-order chi connectivity index (χ1) is 10.3. The van der Waals surface area contributed by atoms with Crippen LogP contribution in [0.3, 0.4) is 0 Å². The lowest BCUT2D eigenvalue weighted by Gasteiger charge is -2.36. The number of methoxy groups -OCH3 is 1. The van der Waals surface area contributed by atoms with Crippen LogP contribution in [-0.4, -0.2) is 45.2 Å². The lowest BCUT2D eigenvalue weighted by Crippen LogP contribution is -2.49. The van der Waals surface area contributed by atoms with Crippen molar-refractivity contribution in [3.05, 3.63) is 29.3 Å². The predicted octanol–water partition coefficient (Wildman–Crippen LogP) is 1.76. The Morgan fingerprint density at radius 2 is 2.14 bits per heavy atom. The second-order valence-corrected chi connectivity index (χ2v) is 8.16. The molecule has 5 nitrogen and oxygen atoms in total. The zero-order valence-corrected chi connectivity index (χ0v) is 14.6. The summed E-state index contributed by atoms with van der Waals surface area (Å²) >= 11 is 0. The minimum absolute atomic E-state index is 0.308. The molecule has 0 radical (unpaired) electrons. The van der Waals surface area contributed by atoms with Crippen molar-refractivity contribution in [1.82, 2.24) is 9.62 Å². The van der Waals surface area contributed by atoms with Crippen molar-refractivity contribution < 1.29 is 13.2 Å². The van der Waals surface area contributed by atoms with Crippen LogP contribution < -0.4 is 10.1 Å². The van der Waals surface area contributed by atoms with E-state index in [1.165, 1.54) is 11.8 Å². The third-order valence-electron chi connectivity index (χ3n) is 4.36. The minimum Gasteiger partial charge on any atom is -0.496 e. The molecule has 0 bridgehead atoms. The summed E-state index contributed by atoms with van der Waals surface area (Å²) in [5, 5.41) is 3.56. The van der Waals surface area contributed by atoms with Gasteiger partial charge in [0.2, 0.25) is 10.0 Å². The predicted molar refractivity (Wildman–Crippen MR) is 88.6 cm³/mol. The van der Waals surface area contributed by atoms with Crippen molar-refractivity contribution in [3.8, 4) is 5.75 Å². The Kier molecular flexibility index (Phi) is 5.47. The van der Waals surface area contributed by atoms with Gasteiger partial charge in [-0.3, -0.25) is 0 Å². The van der Waals surface area contributed by atoms with Crippen molar-refractivity contribution in [2.24, 2.45) is 5.92 Å². The van der Waals surface area contributed by atoms with Crippen LogP contribution in [0, 0.1) is 12.8 Å². The van der Waals surface area contributed by atoms with Crippen LogP contribution in [0.15, 0.2) is 18.2 Å². The highest BCUT2D eigenvalue weighted by Gasteiger charge is 2.29. The van der Waals surface area contributed by atoms with Crippen LogP contribution in [0.1, 0.15) is 24.5 Å². The highest BCUT2D eigenvalue weighted by molar-refractivity contribution is 7.88. The number of aryl methyl sites for hydroxylation is 1. The summed E-state index contributed by atoms with van der Waals surface area (Å²) < 4.78 is 30.1. The summed E-state index contributed by atoms with van der Waals surface area (Å²) in [6.07, 6.45) is 2.14. The molecule has 6 heteroatoms. The lowest BCUT2D eigenvalue weighted by molar-refractivity contribution is 0.220. The summed E-state index contributed by atoms with van der Waals surface area (Å²) in [4.78, 5) is 0. The SMILES string of the molecule is COc1ccc(CN[C@@H]2CCN(S(C)(=O)=O)C[C@H]2C)cc1C. The van der Waals surface area contributed by atoms with Gasteiger partial charge in [0.05, 0.1) is 13.4 Å². The Labute approximate surface area is 133 Å². The maximum atomic E-state index is 11.6. The summed E-state index contributed by atoms with van der Waals surface area (Å²) in [6.45, 7) is 6.13. The summed E-state index contributed by atoms with van der Waals surface area (Å²) in [6, 6.07) is 6.53. The highest BCUT2D eigenvalue weighted by atomic mass is 32.2. The fourth-order valence-electron chi connectivity index (χ4n) is 3.01. The van der Waals surface area contributed by atoms with Gasteiger partial charge in [-0.25, -0.2) is 12.7 Å². The molecule has 22 heavy (non-hydrogen) atoms. The van der Waals surface area contributed by atoms with Crippen LogP contribution in [0.4, 0.5) is 0 Å². The summed E-state index contributed by atoms with van der Waals surface area (Å²) in [5.41, 5.74) is 2.35. The Morgan fingerprint density at radius 3 is 2.68 bits per heavy atom. The first-order valence-electron chi connectivity index (χ1n) is 7.63. The lowest BCUT2D eigenvalue weighted by atomic mass is 9.95. The minimum atomic E-state index is -3.07. The molecule has 0 unspecified atom stereocenters. The van der Waals surface area contributed by atoms with Crippen molar-refractivity contribution in [2.45, 2.75) is 32.9 Å². The molecule has 1 N–H and O–H groups in total. The van der Waals surface area contributed by atoms with Crippen LogP contribution in [0.2, 0.25) is 0 Å². The number of rotatable bonds is 5. The zero-order chi connectivity index (χ0) is 16.3. The van der Waals surface area contributed by atoms with E-state index in [2.05, 4.69) is 24.4 Å². The van der Waals surface area contributed by atoms with Crippen molar-refractivity contribution in [2.75, 3.05) is 26.5 Å². The van der Waals surface area contributed by atoms with Crippen molar-refractivity contribution in [1.29, 1.82) is 0 Å². The number of ether oxygens (including phenoxy) is 1. The van der Waals surface area contributed by atoms with Gasteiger partial charge >= 0.3 is 0 Å². The van der Waals surface area contributed by atoms with Gasteiger partial charge in [-0.15, -0.1) is 0 Å². The molecule has 124 valence electrons. The van der Waals surface area contributed by atoms with E-state index in [4.69, 9.17) is 4.74 Å². The standard InChI is InChI=1S/C16H26N2O3S/c1-12-9-14(5-6-16(12)21-3)10-17-15-7-8-18(11-13(15)2)22(4,19)20/h5-6,9,13,15,17H,7-8,10-11H2,1-4H3/t13-,15-/m1/s1. The topological polar surface area (TPSA) is 58.6 Å². The maximum Gasteiger partial charge on any atom is 0.211 e. The molecule has 1 aromatic carbocycles. The summed E-state index contributed by atoms with van der Waals surface area (Å²) in [7, 11) is -1.39. The molecule has 2 rings (SSSR count). The van der Waals surface area contributed by atoms with Crippen LogP contribution in [-0.2, 0) is 16.6 Å². The van der Waals surface area contributed by atoms with E-state index in [1.807, 2.05) is 13.0 Å². The van der Waals surface area contributed by atoms with Crippen LogP contribution in [0.5, 0.6) is 5.75 Å². The van der Waals surface area contributed by atoms with Gasteiger partial charge in [-0.1, -0.05) is 19.1 Å². The number of hydrogen-bond acceptors (Lipinski definition) is 4. The highest BCUT2D eigenvalue weighted by Crippen LogP contribution is 2.21. The van der Waals surface area contributed by atoms with Crippen molar-refractivity contribution in [3.63, 3.8) is 0 Å². The Hall–Kier alpha value is -1.11. The molecule has 1 fully saturated rings. The molecule has 0 aromatic heterocycles. The maximum absolute atomic E-state index is 11.6. The van der Waals surface area contributed by atoms with Gasteiger partial charge in [0, 0.05) is 25.7 Å². The fourth-order valence-corrected chi connectivity index (χ4v) is 3.95. The van der Waals surface area contributed by atoms with Gasteiger partial charge in [-0.05, 0) is 36.5 Å². The number of sulfonamides is 1. The number of piperidine rings is 1. The van der Waals surface area contributed by atoms with Gasteiger partial charge in [-0.2, -0.15) is 0 Å². The monoisotopic (exact) mass is 326 g/mol. The van der Waals surface area contributed by atoms with Crippen LogP contribution in [0.25, 0.3) is 0 Å². The van der Waals surface area contributed by atoms with Crippen LogP contribution >= 0.6 is 0 Å². The van der Waals surface area contributed by atoms with E-state index >= 15 is 0 Å². The molecule has 1 aromatic rings. The van der Waals surface area contributed by atoms with Gasteiger partial charge in [0.15, 0.2) is 0 Å². The molecular formula is C16H26N2O3S. The number of hydrogen-bond donors (Lipinski definition) is 1. The Balaban J connectivity index is 1.91. The quantitative estimate of drug-likeness (QED) is 0.896. The number of nitrogens with zero attached hydrogens (tertiary/aromatic N) is 1. The molecule has 1 aliphatic rings. The molecule has 0 aliphatic carbocycles. The first-order valence-corrected chi connectivity index (χ1v) is 9.48. The number of nitrogens with one attached hydrogen (secondary N) is 1. The van der Waals surface area contributed by atoms with Gasteiger partial charge in [0.25, 0.3) is 0 Å². The van der Waals surface area contributed by atoms with E-state index < -0.39 is 10.0 Å². The molecule has 0 spiro atoms. The van der Waals surface area contributed by atoms with E-state index in [0.29, 0.717) is 25.0 Å². The van der Waals surface area contributed by atoms with E-state index in [0.717, 1.165) is 24.3 Å². The molecule has 1 heterocycles. The third-order valence-corrected chi connectivity index (χ3v) is 5.63. The average Bonchev–Trinajstić information content (AvgIpc) is 2.45. The smallest absolute Gasteiger partial charge is 0.211 e. The molecule has 2 atom stereocenters. The first kappa shape index (κ1) is 17.2. The van der Waals surface area contributed by atoms with E-state index in [9.17, 15) is 8.42 Å². The van der Waals surface area contributed by atoms with E-state index in [1.54, 1.807) is 11.4 Å². The fraction of sp³-hybridized carbons (Fsp3) is 0.625. The molecule has 1 aliphatic heterocycles. The molecule has 1 saturated heterocycles. The second-order valence-electron chi connectivity index (χ2n) is 6.18. The molecular weight excluding hydrogens is 300 g/mol. The summed E-state index contributed by atoms with van der Waals surface area (Å²) in [5.74, 6) is 1.21. The van der Waals surface area contributed by atoms with Gasteiger partial charge in [0.1, 0.15) is 5.75 Å². The average molecular weight is 326 g/mol. The Bertz CT molecular complexity index is 616. The van der Waals surface area contributed by atoms with Gasteiger partial charge < -0.3 is 10.1 Å². The molecule has 0 saturated carbocycles. The Morgan fingerprint density at radius 1 is 1.41 bits per heavy atom. The number of benzene rings is 1. The third kappa shape index (κ3) is 4.21. The van der Waals surface area contributed by atoms with Crippen molar-refractivity contribution >= 4 is 10.0 Å². The zero-order valence-electron chi connectivity index (χ0n) is 13.8. The normalized spacial score (nSPS) is 23.5. The largest absolute Gasteiger partial charge is 0.496 e. The van der Waals surface area contributed by atoms with E-state index in [-0.39, 0.29) is 0 Å². The molecule has 0 amide bonds. The second kappa shape index (κ2) is 6.98.